The molecule has 0 radical (unpaired) electrons. The minimum Gasteiger partial charge on any atom is -0.444 e. The predicted octanol–water partition coefficient (Wildman–Crippen LogP) is 6.22. The Morgan fingerprint density at radius 3 is 2.02 bits per heavy atom. The number of tetrazole rings is 1. The minimum absolute atomic E-state index is 0.123. The number of alkyl carbamates (subject to hydrolysis) is 1. The molecule has 0 spiro atoms. The summed E-state index contributed by atoms with van der Waals surface area (Å²) in [4.78, 5) is 69.7. The first-order valence-electron chi connectivity index (χ1n) is 20.9. The first-order valence-corrected chi connectivity index (χ1v) is 20.9. The number of nitrogens with zero attached hydrogens (tertiary/aromatic N) is 5. The number of amides is 5. The fourth-order valence-electron chi connectivity index (χ4n) is 7.45. The topological polar surface area (TPSA) is 201 Å². The van der Waals surface area contributed by atoms with Crippen LogP contribution in [0.3, 0.4) is 0 Å². The van der Waals surface area contributed by atoms with Gasteiger partial charge in [0.2, 0.25) is 17.6 Å². The first-order chi connectivity index (χ1) is 29.0. The number of aromatic nitrogens is 4. The van der Waals surface area contributed by atoms with E-state index in [1.54, 1.807) is 34.1 Å². The number of rotatable bonds is 11. The van der Waals surface area contributed by atoms with Gasteiger partial charge in [-0.05, 0) is 125 Å². The van der Waals surface area contributed by atoms with E-state index in [2.05, 4.69) is 36.6 Å². The van der Waals surface area contributed by atoms with E-state index in [0.29, 0.717) is 62.6 Å². The quantitative estimate of drug-likeness (QED) is 0.134. The molecule has 4 N–H and O–H groups in total. The summed E-state index contributed by atoms with van der Waals surface area (Å²) in [5.41, 5.74) is 3.02. The van der Waals surface area contributed by atoms with Crippen molar-refractivity contribution in [3.63, 3.8) is 0 Å². The van der Waals surface area contributed by atoms with E-state index in [-0.39, 0.29) is 42.1 Å². The number of benzene rings is 3. The van der Waals surface area contributed by atoms with Crippen LogP contribution in [0.25, 0.3) is 22.5 Å². The Labute approximate surface area is 356 Å². The van der Waals surface area contributed by atoms with Gasteiger partial charge in [-0.15, -0.1) is 10.2 Å². The molecule has 16 nitrogen and oxygen atoms in total. The highest BCUT2D eigenvalue weighted by molar-refractivity contribution is 6.01. The van der Waals surface area contributed by atoms with E-state index >= 15 is 0 Å². The van der Waals surface area contributed by atoms with Crippen LogP contribution in [-0.2, 0) is 25.5 Å². The molecule has 3 aromatic carbocycles. The van der Waals surface area contributed by atoms with Gasteiger partial charge >= 0.3 is 12.2 Å². The lowest BCUT2D eigenvalue weighted by Crippen LogP contribution is -2.51. The lowest BCUT2D eigenvalue weighted by molar-refractivity contribution is -0.130. The number of anilines is 1. The number of hydrogen-bond donors (Lipinski definition) is 4. The molecule has 2 heterocycles. The summed E-state index contributed by atoms with van der Waals surface area (Å²) in [6.45, 7) is 12.9. The molecular weight excluding hydrogens is 779 g/mol. The zero-order valence-electron chi connectivity index (χ0n) is 35.8. The van der Waals surface area contributed by atoms with Gasteiger partial charge in [-0.25, -0.2) is 9.59 Å². The van der Waals surface area contributed by atoms with Gasteiger partial charge in [-0.1, -0.05) is 42.5 Å². The monoisotopic (exact) mass is 835 g/mol. The molecule has 2 aliphatic rings. The third kappa shape index (κ3) is 12.6. The van der Waals surface area contributed by atoms with Crippen LogP contribution < -0.4 is 16.0 Å². The van der Waals surface area contributed by atoms with Gasteiger partial charge in [0.25, 0.3) is 5.91 Å². The minimum atomic E-state index is -0.894. The van der Waals surface area contributed by atoms with E-state index in [4.69, 9.17) is 9.47 Å². The third-order valence-electron chi connectivity index (χ3n) is 10.6. The average Bonchev–Trinajstić information content (AvgIpc) is 3.77. The first kappa shape index (κ1) is 44.2. The Bertz CT molecular complexity index is 2130. The summed E-state index contributed by atoms with van der Waals surface area (Å²) in [5.74, 6) is -0.322. The van der Waals surface area contributed by atoms with Crippen molar-refractivity contribution in [1.29, 1.82) is 0 Å². The van der Waals surface area contributed by atoms with Crippen LogP contribution >= 0.6 is 0 Å². The number of aromatic amines is 1. The number of piperazine rings is 1. The Morgan fingerprint density at radius 1 is 0.770 bits per heavy atom. The second-order valence-corrected chi connectivity index (χ2v) is 17.7. The van der Waals surface area contributed by atoms with Gasteiger partial charge in [-0.2, -0.15) is 5.21 Å². The molecule has 1 saturated carbocycles. The summed E-state index contributed by atoms with van der Waals surface area (Å²) >= 11 is 0. The number of hydrogen-bond acceptors (Lipinski definition) is 10. The number of nitrogens with one attached hydrogen (secondary N) is 4. The molecule has 1 atom stereocenters. The molecule has 1 saturated heterocycles. The average molecular weight is 836 g/mol. The number of carbonyl (C=O) groups excluding carboxylic acids is 5. The Kier molecular flexibility index (Phi) is 14.1. The fraction of sp³-hybridized carbons (Fsp3) is 0.467. The van der Waals surface area contributed by atoms with E-state index < -0.39 is 23.3 Å². The second-order valence-electron chi connectivity index (χ2n) is 17.7. The molecule has 61 heavy (non-hydrogen) atoms. The van der Waals surface area contributed by atoms with E-state index in [9.17, 15) is 24.0 Å². The molecule has 2 fully saturated rings. The highest BCUT2D eigenvalue weighted by atomic mass is 16.6. The Hall–Kier alpha value is -6.32. The molecule has 6 rings (SSSR count). The molecule has 1 aromatic heterocycles. The van der Waals surface area contributed by atoms with Crippen molar-refractivity contribution < 1.29 is 33.4 Å². The molecule has 0 bridgehead atoms. The molecule has 16 heteroatoms. The van der Waals surface area contributed by atoms with Crippen LogP contribution in [0, 0.1) is 11.8 Å². The van der Waals surface area contributed by atoms with Gasteiger partial charge in [0, 0.05) is 61.9 Å². The number of ether oxygens (including phenoxy) is 2. The maximum atomic E-state index is 13.9. The normalized spacial score (nSPS) is 17.5. The fourth-order valence-corrected chi connectivity index (χ4v) is 7.45. The molecule has 1 aliphatic heterocycles. The van der Waals surface area contributed by atoms with Gasteiger partial charge in [0.15, 0.2) is 0 Å². The second kappa shape index (κ2) is 19.4. The highest BCUT2D eigenvalue weighted by Gasteiger charge is 2.32. The summed E-state index contributed by atoms with van der Waals surface area (Å²) in [7, 11) is 0. The maximum absolute atomic E-state index is 13.9. The van der Waals surface area contributed by atoms with Crippen molar-refractivity contribution >= 4 is 35.6 Å². The van der Waals surface area contributed by atoms with Crippen molar-refractivity contribution in [2.45, 2.75) is 90.9 Å². The summed E-state index contributed by atoms with van der Waals surface area (Å²) < 4.78 is 10.9. The van der Waals surface area contributed by atoms with Crippen LogP contribution in [0.4, 0.5) is 15.3 Å². The zero-order valence-corrected chi connectivity index (χ0v) is 35.8. The molecule has 1 aliphatic carbocycles. The lowest BCUT2D eigenvalue weighted by Gasteiger charge is -2.35. The molecule has 5 amide bonds. The van der Waals surface area contributed by atoms with Crippen LogP contribution in [0.1, 0.15) is 83.1 Å². The number of H-pyrrole nitrogens is 1. The van der Waals surface area contributed by atoms with Crippen LogP contribution in [-0.4, -0.2) is 110 Å². The van der Waals surface area contributed by atoms with E-state index in [0.717, 1.165) is 35.1 Å². The molecule has 324 valence electrons. The van der Waals surface area contributed by atoms with Crippen molar-refractivity contribution in [1.82, 2.24) is 41.1 Å². The highest BCUT2D eigenvalue weighted by Crippen LogP contribution is 2.30. The SMILES string of the molecule is CC(C)(C)OC(=O)NC[C@H]1CC[C@H](C(=O)N[C@@H](Cc2ccc(-c3ccccc3C(=O)N3CCN(C(=O)OC(C)(C)C)CC3)cc2)C(=O)Nc2ccc(-c3nn[nH]n3)cc2)CC1. The predicted molar refractivity (Wildman–Crippen MR) is 229 cm³/mol. The van der Waals surface area contributed by atoms with Crippen molar-refractivity contribution in [3.05, 3.63) is 83.9 Å². The van der Waals surface area contributed by atoms with Crippen LogP contribution in [0.15, 0.2) is 72.8 Å². The lowest BCUT2D eigenvalue weighted by atomic mass is 9.81. The largest absolute Gasteiger partial charge is 0.444 e. The molecule has 0 unspecified atom stereocenters. The van der Waals surface area contributed by atoms with Gasteiger partial charge in [-0.3, -0.25) is 14.4 Å². The van der Waals surface area contributed by atoms with E-state index in [1.807, 2.05) is 90.1 Å². The van der Waals surface area contributed by atoms with Gasteiger partial charge < -0.3 is 35.2 Å². The standard InChI is InChI=1S/C45H57N9O7/c1-44(2,3)60-42(58)46-28-30-13-17-33(18-14-30)39(55)48-37(40(56)47-34-21-19-32(20-22-34)38-49-51-52-50-38)27-29-11-15-31(16-12-29)35-9-7-8-10-36(35)41(57)53-23-25-54(26-24-53)43(59)61-45(4,5)6/h7-12,15-16,19-22,30,33,37H,13-14,17-18,23-28H2,1-6H3,(H,46,58)(H,47,56)(H,48,55)(H,49,50,51,52)/t30-,33-,37-/m0/s1. The van der Waals surface area contributed by atoms with Crippen molar-refractivity contribution in [3.8, 4) is 22.5 Å². The van der Waals surface area contributed by atoms with Gasteiger partial charge in [0.1, 0.15) is 17.2 Å². The molecular formula is C45H57N9O7. The molecule has 4 aromatic rings. The third-order valence-corrected chi connectivity index (χ3v) is 10.6. The summed E-state index contributed by atoms with van der Waals surface area (Å²) in [5, 5.41) is 22.9. The van der Waals surface area contributed by atoms with Crippen molar-refractivity contribution in [2.75, 3.05) is 38.0 Å². The van der Waals surface area contributed by atoms with E-state index in [1.165, 1.54) is 0 Å². The summed E-state index contributed by atoms with van der Waals surface area (Å²) in [6.07, 6.45) is 2.15. The van der Waals surface area contributed by atoms with Crippen LogP contribution in [0.2, 0.25) is 0 Å². The Morgan fingerprint density at radius 2 is 1.39 bits per heavy atom. The Balaban J connectivity index is 1.11. The number of carbonyl (C=O) groups is 5. The zero-order chi connectivity index (χ0) is 43.7. The van der Waals surface area contributed by atoms with Crippen molar-refractivity contribution in [2.24, 2.45) is 11.8 Å². The van der Waals surface area contributed by atoms with Crippen LogP contribution in [0.5, 0.6) is 0 Å². The smallest absolute Gasteiger partial charge is 0.410 e. The van der Waals surface area contributed by atoms with Gasteiger partial charge in [0.05, 0.1) is 0 Å². The maximum Gasteiger partial charge on any atom is 0.410 e. The summed E-state index contributed by atoms with van der Waals surface area (Å²) in [6, 6.07) is 21.2.